The Morgan fingerprint density at radius 1 is 1.45 bits per heavy atom. The zero-order chi connectivity index (χ0) is 16.2. The molecule has 1 atom stereocenters. The molecule has 118 valence electrons. The molecule has 7 heteroatoms. The summed E-state index contributed by atoms with van der Waals surface area (Å²) in [6.07, 6.45) is 0.469. The molecule has 1 aromatic rings. The van der Waals surface area contributed by atoms with Crippen LogP contribution >= 0.6 is 0 Å². The third-order valence-electron chi connectivity index (χ3n) is 3.67. The average molecular weight is 322 g/mol. The summed E-state index contributed by atoms with van der Waals surface area (Å²) in [6, 6.07) is 8.40. The van der Waals surface area contributed by atoms with E-state index in [4.69, 9.17) is 10.00 Å². The van der Waals surface area contributed by atoms with E-state index in [9.17, 15) is 13.2 Å². The highest BCUT2D eigenvalue weighted by Gasteiger charge is 2.33. The minimum atomic E-state index is -3.04. The summed E-state index contributed by atoms with van der Waals surface area (Å²) in [5.74, 6) is 0.229. The molecule has 0 spiro atoms. The lowest BCUT2D eigenvalue weighted by Crippen LogP contribution is -2.43. The summed E-state index contributed by atoms with van der Waals surface area (Å²) < 4.78 is 28.5. The summed E-state index contributed by atoms with van der Waals surface area (Å²) in [6.45, 7) is 2.04. The molecule has 22 heavy (non-hydrogen) atoms. The number of hydrogen-bond acceptors (Lipinski definition) is 5. The molecule has 1 aliphatic rings. The average Bonchev–Trinajstić information content (AvgIpc) is 2.86. The Balaban J connectivity index is 2.00. The zero-order valence-electron chi connectivity index (χ0n) is 12.4. The molecule has 0 unspecified atom stereocenters. The number of benzene rings is 1. The standard InChI is InChI=1S/C15H18N2O4S/c1-2-17(13-7-8-22(19,20)11-13)15(18)10-21-14-6-4-3-5-12(14)9-16/h3-6,13H,2,7-8,10-11H2,1H3/t13-/m0/s1. The van der Waals surface area contributed by atoms with E-state index in [2.05, 4.69) is 0 Å². The first-order chi connectivity index (χ1) is 10.5. The molecular formula is C15H18N2O4S. The van der Waals surface area contributed by atoms with E-state index in [1.165, 1.54) is 0 Å². The van der Waals surface area contributed by atoms with Gasteiger partial charge >= 0.3 is 0 Å². The van der Waals surface area contributed by atoms with Gasteiger partial charge in [0.25, 0.3) is 5.91 Å². The Hall–Kier alpha value is -2.07. The number of hydrogen-bond donors (Lipinski definition) is 0. The molecular weight excluding hydrogens is 304 g/mol. The van der Waals surface area contributed by atoms with Crippen LogP contribution in [0.3, 0.4) is 0 Å². The highest BCUT2D eigenvalue weighted by molar-refractivity contribution is 7.91. The van der Waals surface area contributed by atoms with Gasteiger partial charge in [0, 0.05) is 12.6 Å². The van der Waals surface area contributed by atoms with Gasteiger partial charge in [-0.2, -0.15) is 5.26 Å². The smallest absolute Gasteiger partial charge is 0.260 e. The van der Waals surface area contributed by atoms with Crippen LogP contribution in [-0.4, -0.2) is 49.9 Å². The maximum atomic E-state index is 12.3. The second kappa shape index (κ2) is 6.79. The van der Waals surface area contributed by atoms with Crippen LogP contribution in [-0.2, 0) is 14.6 Å². The van der Waals surface area contributed by atoms with Crippen LogP contribution in [0.15, 0.2) is 24.3 Å². The van der Waals surface area contributed by atoms with Gasteiger partial charge in [-0.25, -0.2) is 8.42 Å². The third kappa shape index (κ3) is 3.77. The van der Waals surface area contributed by atoms with Crippen LogP contribution in [0.5, 0.6) is 5.75 Å². The van der Waals surface area contributed by atoms with Gasteiger partial charge in [-0.1, -0.05) is 12.1 Å². The van der Waals surface area contributed by atoms with Gasteiger partial charge in [-0.15, -0.1) is 0 Å². The van der Waals surface area contributed by atoms with E-state index in [1.54, 1.807) is 29.2 Å². The Morgan fingerprint density at radius 3 is 2.77 bits per heavy atom. The number of para-hydroxylation sites is 1. The first-order valence-electron chi connectivity index (χ1n) is 7.08. The fourth-order valence-corrected chi connectivity index (χ4v) is 4.30. The van der Waals surface area contributed by atoms with Crippen molar-refractivity contribution in [2.24, 2.45) is 0 Å². The van der Waals surface area contributed by atoms with E-state index >= 15 is 0 Å². The monoisotopic (exact) mass is 322 g/mol. The minimum absolute atomic E-state index is 0.0152. The number of carbonyl (C=O) groups is 1. The van der Waals surface area contributed by atoms with E-state index in [0.29, 0.717) is 24.3 Å². The fraction of sp³-hybridized carbons (Fsp3) is 0.467. The molecule has 0 N–H and O–H groups in total. The van der Waals surface area contributed by atoms with Crippen LogP contribution in [0.25, 0.3) is 0 Å². The van der Waals surface area contributed by atoms with Gasteiger partial charge < -0.3 is 9.64 Å². The SMILES string of the molecule is CCN(C(=O)COc1ccccc1C#N)[C@H]1CCS(=O)(=O)C1. The predicted octanol–water partition coefficient (Wildman–Crippen LogP) is 0.973. The summed E-state index contributed by atoms with van der Waals surface area (Å²) in [4.78, 5) is 13.8. The number of sulfone groups is 1. The topological polar surface area (TPSA) is 87.5 Å². The predicted molar refractivity (Wildman–Crippen MR) is 81.1 cm³/mol. The van der Waals surface area contributed by atoms with E-state index in [0.717, 1.165) is 0 Å². The van der Waals surface area contributed by atoms with E-state index < -0.39 is 9.84 Å². The molecule has 0 aromatic heterocycles. The van der Waals surface area contributed by atoms with Crippen LogP contribution in [0.2, 0.25) is 0 Å². The molecule has 0 aliphatic carbocycles. The molecule has 1 amide bonds. The number of amides is 1. The van der Waals surface area contributed by atoms with Gasteiger partial charge in [-0.05, 0) is 25.5 Å². The van der Waals surface area contributed by atoms with Crippen molar-refractivity contribution >= 4 is 15.7 Å². The molecule has 2 rings (SSSR count). The van der Waals surface area contributed by atoms with Crippen LogP contribution < -0.4 is 4.74 Å². The summed E-state index contributed by atoms with van der Waals surface area (Å²) in [7, 11) is -3.04. The quantitative estimate of drug-likeness (QED) is 0.806. The lowest BCUT2D eigenvalue weighted by Gasteiger charge is -2.26. The molecule has 1 aromatic carbocycles. The van der Waals surface area contributed by atoms with Gasteiger partial charge in [0.1, 0.15) is 11.8 Å². The van der Waals surface area contributed by atoms with Crippen molar-refractivity contribution in [3.63, 3.8) is 0 Å². The lowest BCUT2D eigenvalue weighted by atomic mass is 10.2. The van der Waals surface area contributed by atoms with Crippen molar-refractivity contribution in [3.8, 4) is 11.8 Å². The molecule has 6 nitrogen and oxygen atoms in total. The third-order valence-corrected chi connectivity index (χ3v) is 5.42. The molecule has 0 saturated carbocycles. The zero-order valence-corrected chi connectivity index (χ0v) is 13.2. The normalized spacial score (nSPS) is 19.4. The first-order valence-corrected chi connectivity index (χ1v) is 8.91. The minimum Gasteiger partial charge on any atom is -0.482 e. The maximum absolute atomic E-state index is 12.3. The van der Waals surface area contributed by atoms with E-state index in [1.807, 2.05) is 13.0 Å². The van der Waals surface area contributed by atoms with Crippen LogP contribution in [0, 0.1) is 11.3 Å². The van der Waals surface area contributed by atoms with Gasteiger partial charge in [0.05, 0.1) is 17.1 Å². The van der Waals surface area contributed by atoms with Gasteiger partial charge in [0.15, 0.2) is 16.4 Å². The van der Waals surface area contributed by atoms with Crippen molar-refractivity contribution in [3.05, 3.63) is 29.8 Å². The second-order valence-electron chi connectivity index (χ2n) is 5.13. The second-order valence-corrected chi connectivity index (χ2v) is 7.36. The maximum Gasteiger partial charge on any atom is 0.260 e. The number of nitriles is 1. The summed E-state index contributed by atoms with van der Waals surface area (Å²) in [5.41, 5.74) is 0.363. The Bertz CT molecular complexity index is 694. The number of ether oxygens (including phenoxy) is 1. The molecule has 0 bridgehead atoms. The summed E-state index contributed by atoms with van der Waals surface area (Å²) in [5, 5.41) is 8.98. The highest BCUT2D eigenvalue weighted by Crippen LogP contribution is 2.19. The van der Waals surface area contributed by atoms with Crippen molar-refractivity contribution in [1.82, 2.24) is 4.90 Å². The highest BCUT2D eigenvalue weighted by atomic mass is 32.2. The number of nitrogens with zero attached hydrogens (tertiary/aromatic N) is 2. The van der Waals surface area contributed by atoms with Crippen molar-refractivity contribution in [1.29, 1.82) is 5.26 Å². The number of rotatable bonds is 5. The van der Waals surface area contributed by atoms with Gasteiger partial charge in [-0.3, -0.25) is 4.79 Å². The lowest BCUT2D eigenvalue weighted by molar-refractivity contribution is -0.135. The number of carbonyl (C=O) groups excluding carboxylic acids is 1. The molecule has 1 fully saturated rings. The van der Waals surface area contributed by atoms with Gasteiger partial charge in [0.2, 0.25) is 0 Å². The Kier molecular flexibility index (Phi) is 5.03. The van der Waals surface area contributed by atoms with Crippen molar-refractivity contribution < 1.29 is 17.9 Å². The Morgan fingerprint density at radius 2 is 2.18 bits per heavy atom. The first kappa shape index (κ1) is 16.3. The molecule has 0 radical (unpaired) electrons. The van der Waals surface area contributed by atoms with Crippen LogP contribution in [0.1, 0.15) is 18.9 Å². The van der Waals surface area contributed by atoms with Crippen molar-refractivity contribution in [2.45, 2.75) is 19.4 Å². The Labute approximate surface area is 130 Å². The fourth-order valence-electron chi connectivity index (χ4n) is 2.57. The number of likely N-dealkylation sites (N-methyl/N-ethyl adjacent to an activating group) is 1. The molecule has 1 aliphatic heterocycles. The van der Waals surface area contributed by atoms with Crippen LogP contribution in [0.4, 0.5) is 0 Å². The molecule has 1 heterocycles. The summed E-state index contributed by atoms with van der Waals surface area (Å²) >= 11 is 0. The van der Waals surface area contributed by atoms with E-state index in [-0.39, 0.29) is 30.1 Å². The van der Waals surface area contributed by atoms with Crippen molar-refractivity contribution in [2.75, 3.05) is 24.7 Å². The molecule has 1 saturated heterocycles. The largest absolute Gasteiger partial charge is 0.482 e.